The fourth-order valence-electron chi connectivity index (χ4n) is 2.00. The van der Waals surface area contributed by atoms with Crippen molar-refractivity contribution in [3.05, 3.63) is 39.8 Å². The number of hydrogen-bond acceptors (Lipinski definition) is 3. The number of aromatic nitrogens is 2. The molecule has 0 spiro atoms. The summed E-state index contributed by atoms with van der Waals surface area (Å²) in [6, 6.07) is 2.27. The van der Waals surface area contributed by atoms with E-state index >= 15 is 0 Å². The second kappa shape index (κ2) is 5.47. The monoisotopic (exact) mass is 249 g/mol. The molecule has 0 radical (unpaired) electrons. The topological polar surface area (TPSA) is 43.8 Å². The van der Waals surface area contributed by atoms with Crippen molar-refractivity contribution < 1.29 is 0 Å². The van der Waals surface area contributed by atoms with Gasteiger partial charge < -0.3 is 5.73 Å². The highest BCUT2D eigenvalue weighted by Gasteiger charge is 2.13. The Morgan fingerprint density at radius 1 is 1.47 bits per heavy atom. The molecule has 0 aromatic carbocycles. The summed E-state index contributed by atoms with van der Waals surface area (Å²) in [5, 5.41) is 6.40. The van der Waals surface area contributed by atoms with E-state index in [2.05, 4.69) is 36.6 Å². The van der Waals surface area contributed by atoms with Gasteiger partial charge in [0.2, 0.25) is 0 Å². The van der Waals surface area contributed by atoms with Gasteiger partial charge in [-0.3, -0.25) is 4.68 Å². The normalized spacial score (nSPS) is 12.9. The van der Waals surface area contributed by atoms with Crippen LogP contribution in [0.1, 0.15) is 35.9 Å². The second-order valence-electron chi connectivity index (χ2n) is 4.18. The molecule has 0 amide bonds. The van der Waals surface area contributed by atoms with E-state index in [4.69, 9.17) is 5.73 Å². The first kappa shape index (κ1) is 12.3. The van der Waals surface area contributed by atoms with Gasteiger partial charge in [-0.2, -0.15) is 5.10 Å². The third-order valence-corrected chi connectivity index (χ3v) is 4.06. The van der Waals surface area contributed by atoms with Gasteiger partial charge in [-0.1, -0.05) is 6.92 Å². The summed E-state index contributed by atoms with van der Waals surface area (Å²) in [5.41, 5.74) is 8.87. The molecule has 2 heterocycles. The standard InChI is InChI=1S/C13H19N3S/c1-3-11-5-6-17-13(11)12(14)7-10-8-15-16(4-2)9-10/h5-6,8-9,12H,3-4,7,14H2,1-2H3. The van der Waals surface area contributed by atoms with Gasteiger partial charge in [0.15, 0.2) is 0 Å². The Morgan fingerprint density at radius 3 is 2.94 bits per heavy atom. The van der Waals surface area contributed by atoms with Gasteiger partial charge in [0, 0.05) is 23.7 Å². The highest BCUT2D eigenvalue weighted by atomic mass is 32.1. The van der Waals surface area contributed by atoms with Gasteiger partial charge in [0.25, 0.3) is 0 Å². The van der Waals surface area contributed by atoms with Crippen LogP contribution in [0.4, 0.5) is 0 Å². The van der Waals surface area contributed by atoms with E-state index in [9.17, 15) is 0 Å². The summed E-state index contributed by atoms with van der Waals surface area (Å²) in [5.74, 6) is 0. The third-order valence-electron chi connectivity index (χ3n) is 2.96. The molecule has 0 aliphatic carbocycles. The minimum absolute atomic E-state index is 0.0967. The molecule has 4 heteroatoms. The number of nitrogens with two attached hydrogens (primary N) is 1. The number of hydrogen-bond donors (Lipinski definition) is 1. The Labute approximate surface area is 106 Å². The molecule has 0 saturated carbocycles. The number of aryl methyl sites for hydroxylation is 2. The van der Waals surface area contributed by atoms with Crippen LogP contribution in [0.3, 0.4) is 0 Å². The molecule has 0 fully saturated rings. The molecule has 1 atom stereocenters. The molecule has 2 N–H and O–H groups in total. The lowest BCUT2D eigenvalue weighted by molar-refractivity contribution is 0.657. The van der Waals surface area contributed by atoms with Gasteiger partial charge in [0.05, 0.1) is 6.20 Å². The lowest BCUT2D eigenvalue weighted by Gasteiger charge is -2.10. The van der Waals surface area contributed by atoms with Crippen LogP contribution < -0.4 is 5.73 Å². The van der Waals surface area contributed by atoms with Crippen LogP contribution in [0.5, 0.6) is 0 Å². The van der Waals surface area contributed by atoms with Crippen LogP contribution in [0.2, 0.25) is 0 Å². The Morgan fingerprint density at radius 2 is 2.29 bits per heavy atom. The zero-order valence-electron chi connectivity index (χ0n) is 10.4. The van der Waals surface area contributed by atoms with Crippen molar-refractivity contribution in [2.24, 2.45) is 5.73 Å². The molecule has 2 aromatic rings. The van der Waals surface area contributed by atoms with E-state index in [-0.39, 0.29) is 6.04 Å². The van der Waals surface area contributed by atoms with Gasteiger partial charge in [-0.25, -0.2) is 0 Å². The van der Waals surface area contributed by atoms with Crippen LogP contribution in [0, 0.1) is 0 Å². The maximum Gasteiger partial charge on any atom is 0.0522 e. The van der Waals surface area contributed by atoms with Crippen molar-refractivity contribution in [3.8, 4) is 0 Å². The van der Waals surface area contributed by atoms with Crippen molar-refractivity contribution in [3.63, 3.8) is 0 Å². The van der Waals surface area contributed by atoms with E-state index in [0.717, 1.165) is 19.4 Å². The number of thiophene rings is 1. The van der Waals surface area contributed by atoms with Crippen molar-refractivity contribution in [1.29, 1.82) is 0 Å². The number of rotatable bonds is 5. The lowest BCUT2D eigenvalue weighted by atomic mass is 10.0. The van der Waals surface area contributed by atoms with Crippen molar-refractivity contribution in [2.75, 3.05) is 0 Å². The summed E-state index contributed by atoms with van der Waals surface area (Å²) < 4.78 is 1.94. The summed E-state index contributed by atoms with van der Waals surface area (Å²) >= 11 is 1.76. The van der Waals surface area contributed by atoms with E-state index in [0.29, 0.717) is 0 Å². The molecule has 1 unspecified atom stereocenters. The fraction of sp³-hybridized carbons (Fsp3) is 0.462. The fourth-order valence-corrected chi connectivity index (χ4v) is 3.00. The largest absolute Gasteiger partial charge is 0.323 e. The Bertz CT molecular complexity index is 472. The predicted molar refractivity (Wildman–Crippen MR) is 72.2 cm³/mol. The predicted octanol–water partition coefficient (Wildman–Crippen LogP) is 2.77. The first-order valence-corrected chi connectivity index (χ1v) is 6.95. The van der Waals surface area contributed by atoms with Crippen molar-refractivity contribution >= 4 is 11.3 Å². The molecule has 0 aliphatic heterocycles. The Balaban J connectivity index is 2.08. The zero-order valence-corrected chi connectivity index (χ0v) is 11.2. The Kier molecular flexibility index (Phi) is 3.97. The molecule has 17 heavy (non-hydrogen) atoms. The highest BCUT2D eigenvalue weighted by molar-refractivity contribution is 7.10. The Hall–Kier alpha value is -1.13. The molecule has 2 aromatic heterocycles. The van der Waals surface area contributed by atoms with Crippen LogP contribution in [0.15, 0.2) is 23.8 Å². The second-order valence-corrected chi connectivity index (χ2v) is 5.13. The third kappa shape index (κ3) is 2.76. The van der Waals surface area contributed by atoms with Crippen LogP contribution in [-0.4, -0.2) is 9.78 Å². The zero-order chi connectivity index (χ0) is 12.3. The average Bonchev–Trinajstić information content (AvgIpc) is 2.96. The maximum absolute atomic E-state index is 6.27. The minimum atomic E-state index is 0.0967. The molecular formula is C13H19N3S. The smallest absolute Gasteiger partial charge is 0.0522 e. The SMILES string of the molecule is CCc1ccsc1C(N)Cc1cnn(CC)c1. The summed E-state index contributed by atoms with van der Waals surface area (Å²) in [4.78, 5) is 1.32. The van der Waals surface area contributed by atoms with E-state index in [1.165, 1.54) is 16.0 Å². The summed E-state index contributed by atoms with van der Waals surface area (Å²) in [6.45, 7) is 5.17. The van der Waals surface area contributed by atoms with Crippen LogP contribution in [-0.2, 0) is 19.4 Å². The van der Waals surface area contributed by atoms with Gasteiger partial charge in [-0.05, 0) is 42.3 Å². The van der Waals surface area contributed by atoms with Gasteiger partial charge >= 0.3 is 0 Å². The van der Waals surface area contributed by atoms with Crippen molar-refractivity contribution in [2.45, 2.75) is 39.3 Å². The van der Waals surface area contributed by atoms with E-state index < -0.39 is 0 Å². The molecule has 0 bridgehead atoms. The summed E-state index contributed by atoms with van der Waals surface area (Å²) in [7, 11) is 0. The average molecular weight is 249 g/mol. The first-order chi connectivity index (χ1) is 8.24. The molecule has 3 nitrogen and oxygen atoms in total. The first-order valence-electron chi connectivity index (χ1n) is 6.07. The van der Waals surface area contributed by atoms with Crippen LogP contribution in [0.25, 0.3) is 0 Å². The van der Waals surface area contributed by atoms with Gasteiger partial charge in [-0.15, -0.1) is 11.3 Å². The lowest BCUT2D eigenvalue weighted by Crippen LogP contribution is -2.13. The maximum atomic E-state index is 6.27. The number of nitrogens with zero attached hydrogens (tertiary/aromatic N) is 2. The van der Waals surface area contributed by atoms with Crippen LogP contribution >= 0.6 is 11.3 Å². The molecule has 0 aliphatic rings. The highest BCUT2D eigenvalue weighted by Crippen LogP contribution is 2.25. The molecule has 92 valence electrons. The van der Waals surface area contributed by atoms with E-state index in [1.807, 2.05) is 10.9 Å². The summed E-state index contributed by atoms with van der Waals surface area (Å²) in [6.07, 6.45) is 5.93. The molecule has 2 rings (SSSR count). The minimum Gasteiger partial charge on any atom is -0.323 e. The van der Waals surface area contributed by atoms with Gasteiger partial charge in [0.1, 0.15) is 0 Å². The van der Waals surface area contributed by atoms with E-state index in [1.54, 1.807) is 11.3 Å². The van der Waals surface area contributed by atoms with Crippen molar-refractivity contribution in [1.82, 2.24) is 9.78 Å². The quantitative estimate of drug-likeness (QED) is 0.885. The molecule has 0 saturated heterocycles. The molecular weight excluding hydrogens is 230 g/mol.